The van der Waals surface area contributed by atoms with E-state index < -0.39 is 8.07 Å². The lowest BCUT2D eigenvalue weighted by Gasteiger charge is -2.25. The maximum absolute atomic E-state index is 14.1. The third kappa shape index (κ3) is 13.2. The average molecular weight is 777 g/mol. The van der Waals surface area contributed by atoms with Gasteiger partial charge in [0.05, 0.1) is 21.3 Å². The van der Waals surface area contributed by atoms with Gasteiger partial charge in [0.1, 0.15) is 41.0 Å². The molecule has 0 N–H and O–H groups in total. The van der Waals surface area contributed by atoms with Crippen LogP contribution in [0.1, 0.15) is 37.0 Å². The lowest BCUT2D eigenvalue weighted by molar-refractivity contribution is 0.0824. The molecule has 0 bridgehead atoms. The maximum Gasteiger partial charge on any atom is 0.165 e. The third-order valence-electron chi connectivity index (χ3n) is 9.47. The van der Waals surface area contributed by atoms with Gasteiger partial charge in [0, 0.05) is 5.41 Å². The molecule has 5 nitrogen and oxygen atoms in total. The molecule has 0 atom stereocenters. The minimum absolute atomic E-state index is 0.132. The molecule has 0 amide bonds. The van der Waals surface area contributed by atoms with Crippen molar-refractivity contribution in [3.05, 3.63) is 174 Å². The minimum Gasteiger partial charge on any atom is -0.457 e. The first-order chi connectivity index (χ1) is 27.5. The van der Waals surface area contributed by atoms with E-state index in [1.54, 1.807) is 0 Å². The Morgan fingerprint density at radius 1 is 0.596 bits per heavy atom. The van der Waals surface area contributed by atoms with Gasteiger partial charge < -0.3 is 23.7 Å². The Hall–Kier alpha value is -6.25. The van der Waals surface area contributed by atoms with Crippen molar-refractivity contribution >= 4 is 13.3 Å². The fraction of sp³-hybridized carbons (Fsp3) is 0.200. The lowest BCUT2D eigenvalue weighted by Crippen LogP contribution is -2.40. The molecule has 0 saturated heterocycles. The standard InChI is InChI=1S/C25H25FO2Si.C25H24O3/c1-4-27-21-13-15-23(16-14-21)29(2,3)18-8-9-20-12-17-24(26)25(19-20)28-22-10-6-5-7-11-22;1-4-27-22-15-13-21(14-16-22)25(2,3)19-26-18-20-9-8-12-24(17-20)28-23-10-6-5-7-11-23/h1,5-7,10-17,19H,8-9,18H2,2-3H3;1,5-17H,18-19H2,2-3H3. The van der Waals surface area contributed by atoms with E-state index >= 15 is 0 Å². The predicted molar refractivity (Wildman–Crippen MR) is 231 cm³/mol. The highest BCUT2D eigenvalue weighted by Crippen LogP contribution is 2.29. The number of terminal acetylenes is 2. The SMILES string of the molecule is C#COc1ccc(C(C)(C)COCc2cccc(Oc3ccccc3)c2)cc1.C#COc1ccc([Si](C)(C)CCCc2ccc(F)c(Oc3ccccc3)c2)cc1. The second-order valence-electron chi connectivity index (χ2n) is 14.8. The number of benzene rings is 6. The summed E-state index contributed by atoms with van der Waals surface area (Å²) in [5.41, 5.74) is 3.19. The van der Waals surface area contributed by atoms with Gasteiger partial charge in [-0.3, -0.25) is 0 Å². The first kappa shape index (κ1) is 41.9. The molecule has 0 spiro atoms. The molecular weight excluding hydrogens is 728 g/mol. The second kappa shape index (κ2) is 20.6. The molecule has 6 aromatic carbocycles. The van der Waals surface area contributed by atoms with Crippen LogP contribution in [0, 0.1) is 30.9 Å². The van der Waals surface area contributed by atoms with Gasteiger partial charge in [0.15, 0.2) is 11.6 Å². The summed E-state index contributed by atoms with van der Waals surface area (Å²) < 4.78 is 41.9. The Balaban J connectivity index is 0.000000218. The molecule has 0 fully saturated rings. The normalized spacial score (nSPS) is 10.9. The molecule has 0 saturated carbocycles. The fourth-order valence-corrected chi connectivity index (χ4v) is 8.61. The first-order valence-electron chi connectivity index (χ1n) is 18.9. The van der Waals surface area contributed by atoms with Gasteiger partial charge in [-0.25, -0.2) is 4.39 Å². The highest BCUT2D eigenvalue weighted by molar-refractivity contribution is 6.89. The molecule has 0 unspecified atom stereocenters. The van der Waals surface area contributed by atoms with Crippen LogP contribution in [0.25, 0.3) is 0 Å². The Morgan fingerprint density at radius 3 is 1.79 bits per heavy atom. The third-order valence-corrected chi connectivity index (χ3v) is 13.0. The van der Waals surface area contributed by atoms with Crippen LogP contribution >= 0.6 is 0 Å². The van der Waals surface area contributed by atoms with E-state index in [9.17, 15) is 4.39 Å². The quantitative estimate of drug-likeness (QED) is 0.0724. The van der Waals surface area contributed by atoms with Crippen LogP contribution in [0.4, 0.5) is 4.39 Å². The van der Waals surface area contributed by atoms with Gasteiger partial charge in [0.25, 0.3) is 0 Å². The van der Waals surface area contributed by atoms with Crippen LogP contribution in [0.15, 0.2) is 152 Å². The summed E-state index contributed by atoms with van der Waals surface area (Å²) in [6, 6.07) is 49.1. The highest BCUT2D eigenvalue weighted by atomic mass is 28.3. The van der Waals surface area contributed by atoms with Gasteiger partial charge >= 0.3 is 0 Å². The number of para-hydroxylation sites is 2. The Bertz CT molecular complexity index is 2220. The molecule has 0 aliphatic heterocycles. The van der Waals surface area contributed by atoms with Gasteiger partial charge in [-0.15, -0.1) is 0 Å². The van der Waals surface area contributed by atoms with E-state index in [1.807, 2.05) is 133 Å². The summed E-state index contributed by atoms with van der Waals surface area (Å²) in [6.07, 6.45) is 16.6. The Labute approximate surface area is 338 Å². The molecule has 6 aromatic rings. The topological polar surface area (TPSA) is 46.2 Å². The zero-order valence-electron chi connectivity index (χ0n) is 33.0. The van der Waals surface area contributed by atoms with Crippen molar-refractivity contribution in [1.29, 1.82) is 0 Å². The van der Waals surface area contributed by atoms with Crippen molar-refractivity contribution < 1.29 is 28.1 Å². The molecular formula is C50H49FO5Si. The van der Waals surface area contributed by atoms with E-state index in [-0.39, 0.29) is 17.0 Å². The minimum atomic E-state index is -1.58. The summed E-state index contributed by atoms with van der Waals surface area (Å²) in [5.74, 6) is 3.54. The largest absolute Gasteiger partial charge is 0.457 e. The van der Waals surface area contributed by atoms with Gasteiger partial charge in [0.2, 0.25) is 0 Å². The fourth-order valence-electron chi connectivity index (χ4n) is 6.19. The van der Waals surface area contributed by atoms with E-state index in [0.29, 0.717) is 30.5 Å². The molecule has 0 aliphatic carbocycles. The molecule has 0 radical (unpaired) electrons. The molecule has 0 heterocycles. The van der Waals surface area contributed by atoms with Gasteiger partial charge in [-0.2, -0.15) is 0 Å². The van der Waals surface area contributed by atoms with Crippen LogP contribution in [0.2, 0.25) is 19.1 Å². The summed E-state index contributed by atoms with van der Waals surface area (Å²) >= 11 is 0. The molecule has 0 aromatic heterocycles. The zero-order valence-corrected chi connectivity index (χ0v) is 34.0. The predicted octanol–water partition coefficient (Wildman–Crippen LogP) is 12.1. The number of hydrogen-bond acceptors (Lipinski definition) is 5. The average Bonchev–Trinajstić information content (AvgIpc) is 3.21. The van der Waals surface area contributed by atoms with Crippen LogP contribution < -0.4 is 24.1 Å². The Kier molecular flexibility index (Phi) is 15.1. The number of rotatable bonds is 16. The summed E-state index contributed by atoms with van der Waals surface area (Å²) in [6.45, 7) is 10.1. The van der Waals surface area contributed by atoms with Crippen LogP contribution in [0.5, 0.6) is 34.5 Å². The Morgan fingerprint density at radius 2 is 1.18 bits per heavy atom. The lowest BCUT2D eigenvalue weighted by atomic mass is 9.85. The van der Waals surface area contributed by atoms with Crippen molar-refractivity contribution in [3.8, 4) is 59.6 Å². The molecule has 0 aliphatic rings. The zero-order chi connectivity index (χ0) is 40.5. The number of aryl methyl sites for hydroxylation is 1. The maximum atomic E-state index is 14.1. The molecule has 7 heteroatoms. The monoisotopic (exact) mass is 776 g/mol. The van der Waals surface area contributed by atoms with Crippen molar-refractivity contribution in [1.82, 2.24) is 0 Å². The highest BCUT2D eigenvalue weighted by Gasteiger charge is 2.23. The van der Waals surface area contributed by atoms with Gasteiger partial charge in [-0.05, 0) is 95.9 Å². The summed E-state index contributed by atoms with van der Waals surface area (Å²) in [5, 5.41) is 1.37. The molecule has 290 valence electrons. The van der Waals surface area contributed by atoms with Crippen molar-refractivity contribution in [2.45, 2.75) is 57.8 Å². The van der Waals surface area contributed by atoms with E-state index in [2.05, 4.69) is 51.3 Å². The van der Waals surface area contributed by atoms with E-state index in [4.69, 9.17) is 36.5 Å². The van der Waals surface area contributed by atoms with E-state index in [1.165, 1.54) is 11.3 Å². The first-order valence-corrected chi connectivity index (χ1v) is 22.1. The van der Waals surface area contributed by atoms with Crippen LogP contribution in [-0.2, 0) is 23.2 Å². The van der Waals surface area contributed by atoms with Crippen molar-refractivity contribution in [2.24, 2.45) is 0 Å². The number of ether oxygens (including phenoxy) is 5. The second-order valence-corrected chi connectivity index (χ2v) is 19.7. The molecule has 57 heavy (non-hydrogen) atoms. The summed E-state index contributed by atoms with van der Waals surface area (Å²) in [4.78, 5) is 0. The number of halogens is 1. The van der Waals surface area contributed by atoms with Crippen molar-refractivity contribution in [2.75, 3.05) is 6.61 Å². The summed E-state index contributed by atoms with van der Waals surface area (Å²) in [7, 11) is -1.58. The number of hydrogen-bond donors (Lipinski definition) is 0. The van der Waals surface area contributed by atoms with Crippen LogP contribution in [0.3, 0.4) is 0 Å². The van der Waals surface area contributed by atoms with Crippen molar-refractivity contribution in [3.63, 3.8) is 0 Å². The smallest absolute Gasteiger partial charge is 0.165 e. The molecule has 6 rings (SSSR count). The van der Waals surface area contributed by atoms with Gasteiger partial charge in [-0.1, -0.05) is 136 Å². The van der Waals surface area contributed by atoms with E-state index in [0.717, 1.165) is 47.1 Å². The van der Waals surface area contributed by atoms with Crippen LogP contribution in [-0.4, -0.2) is 14.7 Å².